The third kappa shape index (κ3) is 7.56. The Hall–Kier alpha value is -3.54. The normalized spacial score (nSPS) is 11.0. The number of anilines is 2. The summed E-state index contributed by atoms with van der Waals surface area (Å²) in [5, 5.41) is 10.2. The van der Waals surface area contributed by atoms with Gasteiger partial charge in [-0.1, -0.05) is 42.0 Å². The number of aryl methyl sites for hydroxylation is 1. The van der Waals surface area contributed by atoms with E-state index in [1.807, 2.05) is 60.0 Å². The van der Waals surface area contributed by atoms with Crippen molar-refractivity contribution in [2.45, 2.75) is 13.5 Å². The quantitative estimate of drug-likeness (QED) is 0.0909. The van der Waals surface area contributed by atoms with Crippen molar-refractivity contribution < 1.29 is 9.53 Å². The van der Waals surface area contributed by atoms with Crippen LogP contribution in [-0.4, -0.2) is 17.1 Å². The first-order valence-corrected chi connectivity index (χ1v) is 15.1. The maximum absolute atomic E-state index is 12.6. The predicted octanol–water partition coefficient (Wildman–Crippen LogP) is 8.57. The molecule has 0 spiro atoms. The molecule has 40 heavy (non-hydrogen) atoms. The number of ether oxygens (including phenoxy) is 1. The van der Waals surface area contributed by atoms with E-state index < -0.39 is 0 Å². The molecule has 0 aliphatic rings. The Morgan fingerprint density at radius 3 is 2.50 bits per heavy atom. The number of hydrogen-bond acceptors (Lipinski definition) is 6. The summed E-state index contributed by atoms with van der Waals surface area (Å²) in [5.74, 6) is 0.442. The molecule has 0 aliphatic heterocycles. The summed E-state index contributed by atoms with van der Waals surface area (Å²) in [6.45, 7) is 2.54. The van der Waals surface area contributed by atoms with Gasteiger partial charge in [-0.3, -0.25) is 4.79 Å². The van der Waals surface area contributed by atoms with Crippen molar-refractivity contribution in [1.29, 1.82) is 0 Å². The number of rotatable bonds is 9. The zero-order chi connectivity index (χ0) is 27.9. The van der Waals surface area contributed by atoms with Crippen LogP contribution in [0.5, 0.6) is 5.75 Å². The molecule has 9 heteroatoms. The molecule has 6 nitrogen and oxygen atoms in total. The molecule has 5 rings (SSSR count). The highest BCUT2D eigenvalue weighted by molar-refractivity contribution is 14.1. The fraction of sp³-hybridized carbons (Fsp3) is 0.0645. The maximum atomic E-state index is 12.6. The molecular weight excluding hydrogens is 699 g/mol. The molecule has 1 aromatic heterocycles. The molecule has 0 atom stereocenters. The van der Waals surface area contributed by atoms with Gasteiger partial charge in [0.2, 0.25) is 0 Å². The van der Waals surface area contributed by atoms with Gasteiger partial charge in [0, 0.05) is 25.8 Å². The number of nitrogens with zero attached hydrogens (tertiary/aromatic N) is 2. The van der Waals surface area contributed by atoms with E-state index >= 15 is 0 Å². The molecule has 0 saturated carbocycles. The van der Waals surface area contributed by atoms with Crippen molar-refractivity contribution in [1.82, 2.24) is 10.4 Å². The molecule has 0 bridgehead atoms. The number of aromatic nitrogens is 1. The maximum Gasteiger partial charge on any atom is 0.271 e. The Kier molecular flexibility index (Phi) is 9.25. The summed E-state index contributed by atoms with van der Waals surface area (Å²) in [4.78, 5) is 17.3. The van der Waals surface area contributed by atoms with Crippen LogP contribution in [0.3, 0.4) is 0 Å². The highest BCUT2D eigenvalue weighted by Crippen LogP contribution is 2.28. The second-order valence-electron chi connectivity index (χ2n) is 8.91. The van der Waals surface area contributed by atoms with Crippen molar-refractivity contribution in [3.8, 4) is 17.0 Å². The van der Waals surface area contributed by atoms with Gasteiger partial charge in [0.15, 0.2) is 5.13 Å². The molecule has 0 saturated heterocycles. The smallest absolute Gasteiger partial charge is 0.271 e. The molecule has 200 valence electrons. The van der Waals surface area contributed by atoms with E-state index in [1.54, 1.807) is 18.3 Å². The fourth-order valence-corrected chi connectivity index (χ4v) is 5.31. The van der Waals surface area contributed by atoms with Crippen molar-refractivity contribution >= 4 is 72.8 Å². The Labute approximate surface area is 258 Å². The van der Waals surface area contributed by atoms with E-state index in [0.717, 1.165) is 43.4 Å². The molecule has 0 unspecified atom stereocenters. The zero-order valence-corrected chi connectivity index (χ0v) is 26.0. The molecule has 4 aromatic carbocycles. The van der Waals surface area contributed by atoms with E-state index in [0.29, 0.717) is 12.2 Å². The molecule has 1 amide bonds. The summed E-state index contributed by atoms with van der Waals surface area (Å²) >= 11 is 7.37. The topological polar surface area (TPSA) is 75.6 Å². The molecule has 0 fully saturated rings. The molecule has 1 heterocycles. The van der Waals surface area contributed by atoms with Gasteiger partial charge in [0.05, 0.1) is 16.4 Å². The van der Waals surface area contributed by atoms with E-state index in [4.69, 9.17) is 4.74 Å². The first-order chi connectivity index (χ1) is 19.4. The van der Waals surface area contributed by atoms with Gasteiger partial charge in [0.25, 0.3) is 5.91 Å². The average Bonchev–Trinajstić information content (AvgIpc) is 3.43. The second-order valence-corrected chi connectivity index (χ2v) is 11.9. The van der Waals surface area contributed by atoms with Crippen molar-refractivity contribution in [2.75, 3.05) is 5.32 Å². The van der Waals surface area contributed by atoms with Gasteiger partial charge in [0.1, 0.15) is 12.4 Å². The zero-order valence-electron chi connectivity index (χ0n) is 21.4. The Balaban J connectivity index is 1.14. The minimum atomic E-state index is -0.292. The second kappa shape index (κ2) is 13.2. The molecular formula is C31H24BrIN4O2S. The number of hydrogen-bond donors (Lipinski definition) is 2. The minimum Gasteiger partial charge on any atom is -0.488 e. The van der Waals surface area contributed by atoms with E-state index in [2.05, 4.69) is 90.5 Å². The third-order valence-corrected chi connectivity index (χ3v) is 7.99. The number of halogens is 2. The van der Waals surface area contributed by atoms with Crippen LogP contribution in [0.4, 0.5) is 10.8 Å². The standard InChI is InChI=1S/C31H24BrIN4O2S/c1-20-2-13-26(14-3-20)35-31-36-28(19-40-31)23-7-9-24(10-8-23)30(38)37-34-17-22-6-15-29(27(32)16-22)39-18-21-4-11-25(33)12-5-21/h2-17,19H,18H2,1H3,(H,35,36)(H,37,38)/b34-17-. The third-order valence-electron chi connectivity index (χ3n) is 5.89. The van der Waals surface area contributed by atoms with Crippen LogP contribution in [-0.2, 0) is 6.61 Å². The number of carbonyl (C=O) groups excluding carboxylic acids is 1. The van der Waals surface area contributed by atoms with Crippen molar-refractivity contribution in [3.63, 3.8) is 0 Å². The van der Waals surface area contributed by atoms with E-state index in [1.165, 1.54) is 20.5 Å². The Morgan fingerprint density at radius 1 is 1.02 bits per heavy atom. The van der Waals surface area contributed by atoms with E-state index in [9.17, 15) is 4.79 Å². The Bertz CT molecular complexity index is 1640. The Morgan fingerprint density at radius 2 is 1.77 bits per heavy atom. The largest absolute Gasteiger partial charge is 0.488 e. The fourth-order valence-electron chi connectivity index (χ4n) is 3.70. The molecule has 5 aromatic rings. The lowest BCUT2D eigenvalue weighted by Gasteiger charge is -2.09. The van der Waals surface area contributed by atoms with Crippen LogP contribution in [0.2, 0.25) is 0 Å². The highest BCUT2D eigenvalue weighted by atomic mass is 127. The summed E-state index contributed by atoms with van der Waals surface area (Å²) in [6.07, 6.45) is 1.60. The SMILES string of the molecule is Cc1ccc(Nc2nc(-c3ccc(C(=O)N/N=C\c4ccc(OCc5ccc(I)cc5)c(Br)c4)cc3)cs2)cc1. The number of hydrazone groups is 1. The monoisotopic (exact) mass is 722 g/mol. The summed E-state index contributed by atoms with van der Waals surface area (Å²) in [7, 11) is 0. The summed E-state index contributed by atoms with van der Waals surface area (Å²) < 4.78 is 7.92. The molecule has 0 aliphatic carbocycles. The van der Waals surface area contributed by atoms with Gasteiger partial charge in [-0.2, -0.15) is 5.10 Å². The van der Waals surface area contributed by atoms with Gasteiger partial charge < -0.3 is 10.1 Å². The number of nitrogens with one attached hydrogen (secondary N) is 2. The number of amides is 1. The van der Waals surface area contributed by atoms with Crippen LogP contribution >= 0.6 is 49.9 Å². The van der Waals surface area contributed by atoms with Crippen LogP contribution < -0.4 is 15.5 Å². The van der Waals surface area contributed by atoms with Crippen LogP contribution in [0, 0.1) is 10.5 Å². The van der Waals surface area contributed by atoms with Gasteiger partial charge in [-0.25, -0.2) is 10.4 Å². The highest BCUT2D eigenvalue weighted by Gasteiger charge is 2.09. The lowest BCUT2D eigenvalue weighted by molar-refractivity contribution is 0.0955. The van der Waals surface area contributed by atoms with Crippen molar-refractivity contribution in [2.24, 2.45) is 5.10 Å². The first kappa shape index (κ1) is 28.0. The summed E-state index contributed by atoms with van der Waals surface area (Å²) in [5.41, 5.74) is 9.00. The minimum absolute atomic E-state index is 0.292. The lowest BCUT2D eigenvalue weighted by Crippen LogP contribution is -2.17. The first-order valence-electron chi connectivity index (χ1n) is 12.3. The molecule has 0 radical (unpaired) electrons. The lowest BCUT2D eigenvalue weighted by atomic mass is 10.1. The number of benzene rings is 4. The van der Waals surface area contributed by atoms with Crippen LogP contribution in [0.25, 0.3) is 11.3 Å². The predicted molar refractivity (Wildman–Crippen MR) is 175 cm³/mol. The van der Waals surface area contributed by atoms with Crippen LogP contribution in [0.1, 0.15) is 27.0 Å². The van der Waals surface area contributed by atoms with E-state index in [-0.39, 0.29) is 5.91 Å². The number of thiazole rings is 1. The van der Waals surface area contributed by atoms with Gasteiger partial charge in [-0.15, -0.1) is 11.3 Å². The number of carbonyl (C=O) groups is 1. The van der Waals surface area contributed by atoms with Crippen molar-refractivity contribution in [3.05, 3.63) is 127 Å². The van der Waals surface area contributed by atoms with Gasteiger partial charge >= 0.3 is 0 Å². The van der Waals surface area contributed by atoms with Crippen LogP contribution in [0.15, 0.2) is 106 Å². The molecule has 2 N–H and O–H groups in total. The average molecular weight is 723 g/mol. The summed E-state index contributed by atoms with van der Waals surface area (Å²) in [6, 6.07) is 29.3. The van der Waals surface area contributed by atoms with Gasteiger partial charge in [-0.05, 0) is 111 Å².